The fourth-order valence-corrected chi connectivity index (χ4v) is 3.19. The van der Waals surface area contributed by atoms with Crippen LogP contribution in [-0.2, 0) is 0 Å². The maximum Gasteiger partial charge on any atom is 0.259 e. The molecule has 0 aliphatic heterocycles. The first-order chi connectivity index (χ1) is 15.1. The van der Waals surface area contributed by atoms with E-state index in [1.807, 2.05) is 36.4 Å². The Hall–Kier alpha value is -4.26. The number of rotatable bonds is 6. The highest BCUT2D eigenvalue weighted by Gasteiger charge is 2.20. The molecule has 0 saturated carbocycles. The quantitative estimate of drug-likeness (QED) is 0.453. The molecule has 7 heteroatoms. The predicted octanol–water partition coefficient (Wildman–Crippen LogP) is 4.51. The molecule has 1 aromatic heterocycles. The molecule has 0 unspecified atom stereocenters. The van der Waals surface area contributed by atoms with Gasteiger partial charge in [0.05, 0.1) is 25.5 Å². The highest BCUT2D eigenvalue weighted by atomic mass is 16.5. The number of carbonyl (C=O) groups is 1. The number of phenols is 1. The van der Waals surface area contributed by atoms with Crippen molar-refractivity contribution in [3.63, 3.8) is 0 Å². The van der Waals surface area contributed by atoms with Gasteiger partial charge in [0, 0.05) is 17.4 Å². The number of aromatic hydroxyl groups is 1. The number of carbonyl (C=O) groups excluding carboxylic acids is 1. The molecule has 4 aromatic rings. The van der Waals surface area contributed by atoms with Crippen molar-refractivity contribution in [2.75, 3.05) is 19.5 Å². The molecular weight excluding hydrogens is 394 g/mol. The molecule has 0 radical (unpaired) electrons. The lowest BCUT2D eigenvalue weighted by atomic mass is 10.1. The molecule has 1 heterocycles. The van der Waals surface area contributed by atoms with Crippen LogP contribution >= 0.6 is 0 Å². The molecule has 1 amide bonds. The van der Waals surface area contributed by atoms with Crippen LogP contribution in [0.15, 0.2) is 79.0 Å². The van der Waals surface area contributed by atoms with E-state index in [2.05, 4.69) is 10.4 Å². The van der Waals surface area contributed by atoms with Crippen molar-refractivity contribution in [2.45, 2.75) is 0 Å². The number of benzene rings is 3. The minimum Gasteiger partial charge on any atom is -0.508 e. The third kappa shape index (κ3) is 4.20. The number of anilines is 1. The number of hydrogen-bond donors (Lipinski definition) is 2. The molecule has 2 N–H and O–H groups in total. The largest absolute Gasteiger partial charge is 0.508 e. The Morgan fingerprint density at radius 2 is 1.65 bits per heavy atom. The van der Waals surface area contributed by atoms with Crippen molar-refractivity contribution in [1.82, 2.24) is 9.78 Å². The lowest BCUT2D eigenvalue weighted by molar-refractivity contribution is 0.102. The molecule has 156 valence electrons. The molecule has 0 spiro atoms. The van der Waals surface area contributed by atoms with E-state index in [4.69, 9.17) is 9.47 Å². The van der Waals surface area contributed by atoms with Gasteiger partial charge in [0.2, 0.25) is 0 Å². The van der Waals surface area contributed by atoms with Crippen molar-refractivity contribution >= 4 is 11.6 Å². The van der Waals surface area contributed by atoms with Crippen LogP contribution in [0, 0.1) is 0 Å². The summed E-state index contributed by atoms with van der Waals surface area (Å²) in [4.78, 5) is 13.1. The molecule has 31 heavy (non-hydrogen) atoms. The van der Waals surface area contributed by atoms with E-state index in [1.54, 1.807) is 49.4 Å². The lowest BCUT2D eigenvalue weighted by Crippen LogP contribution is -2.12. The van der Waals surface area contributed by atoms with Crippen LogP contribution in [-0.4, -0.2) is 35.0 Å². The minimum atomic E-state index is -0.322. The second kappa shape index (κ2) is 8.62. The van der Waals surface area contributed by atoms with Crippen molar-refractivity contribution in [1.29, 1.82) is 0 Å². The van der Waals surface area contributed by atoms with Crippen molar-refractivity contribution in [3.05, 3.63) is 84.6 Å². The van der Waals surface area contributed by atoms with Crippen LogP contribution in [0.2, 0.25) is 0 Å². The van der Waals surface area contributed by atoms with Crippen molar-refractivity contribution in [2.24, 2.45) is 0 Å². The van der Waals surface area contributed by atoms with Crippen LogP contribution in [0.3, 0.4) is 0 Å². The van der Waals surface area contributed by atoms with E-state index >= 15 is 0 Å². The summed E-state index contributed by atoms with van der Waals surface area (Å²) < 4.78 is 12.4. The predicted molar refractivity (Wildman–Crippen MR) is 118 cm³/mol. The number of nitrogens with zero attached hydrogens (tertiary/aromatic N) is 2. The first kappa shape index (κ1) is 20.0. The van der Waals surface area contributed by atoms with E-state index in [-0.39, 0.29) is 11.7 Å². The number of phenolic OH excluding ortho intramolecular Hbond substituents is 1. The number of amides is 1. The second-order valence-electron chi connectivity index (χ2n) is 6.74. The summed E-state index contributed by atoms with van der Waals surface area (Å²) in [6, 6.07) is 21.2. The molecule has 0 aliphatic carbocycles. The monoisotopic (exact) mass is 415 g/mol. The number of ether oxygens (including phenoxy) is 2. The first-order valence-electron chi connectivity index (χ1n) is 9.57. The summed E-state index contributed by atoms with van der Waals surface area (Å²) in [5.74, 6) is 0.932. The molecule has 7 nitrogen and oxygen atoms in total. The number of aromatic nitrogens is 2. The van der Waals surface area contributed by atoms with Crippen LogP contribution in [0.25, 0.3) is 16.9 Å². The molecule has 4 rings (SSSR count). The van der Waals surface area contributed by atoms with Gasteiger partial charge in [-0.3, -0.25) is 4.79 Å². The minimum absolute atomic E-state index is 0.126. The number of para-hydroxylation sites is 1. The fourth-order valence-electron chi connectivity index (χ4n) is 3.19. The van der Waals surface area contributed by atoms with Gasteiger partial charge in [0.25, 0.3) is 5.91 Å². The zero-order valence-electron chi connectivity index (χ0n) is 17.1. The van der Waals surface area contributed by atoms with Crippen molar-refractivity contribution in [3.8, 4) is 34.2 Å². The smallest absolute Gasteiger partial charge is 0.259 e. The highest BCUT2D eigenvalue weighted by Crippen LogP contribution is 2.33. The number of methoxy groups -OCH3 is 2. The lowest BCUT2D eigenvalue weighted by Gasteiger charge is -2.10. The Bertz CT molecular complexity index is 1200. The number of nitrogens with one attached hydrogen (secondary N) is 1. The van der Waals surface area contributed by atoms with E-state index in [9.17, 15) is 9.90 Å². The van der Waals surface area contributed by atoms with E-state index in [1.165, 1.54) is 12.1 Å². The topological polar surface area (TPSA) is 85.6 Å². The zero-order valence-corrected chi connectivity index (χ0v) is 17.1. The SMILES string of the molecule is COc1ccc(-c2nn(-c3ccccc3)cc2C(=O)Nc2ccc(O)cc2)cc1OC. The Balaban J connectivity index is 1.78. The van der Waals surface area contributed by atoms with Gasteiger partial charge in [-0.15, -0.1) is 0 Å². The maximum absolute atomic E-state index is 13.1. The Kier molecular flexibility index (Phi) is 5.57. The zero-order chi connectivity index (χ0) is 21.8. The Labute approximate surface area is 179 Å². The third-order valence-corrected chi connectivity index (χ3v) is 4.76. The van der Waals surface area contributed by atoms with Crippen molar-refractivity contribution < 1.29 is 19.4 Å². The summed E-state index contributed by atoms with van der Waals surface area (Å²) in [5.41, 5.74) is 3.00. The molecule has 0 saturated heterocycles. The highest BCUT2D eigenvalue weighted by molar-refractivity contribution is 6.08. The van der Waals surface area contributed by atoms with Gasteiger partial charge in [-0.2, -0.15) is 5.10 Å². The summed E-state index contributed by atoms with van der Waals surface area (Å²) in [5, 5.41) is 17.0. The Morgan fingerprint density at radius 1 is 0.935 bits per heavy atom. The van der Waals surface area contributed by atoms with Gasteiger partial charge in [-0.1, -0.05) is 18.2 Å². The van der Waals surface area contributed by atoms with Gasteiger partial charge in [0.1, 0.15) is 11.4 Å². The van der Waals surface area contributed by atoms with Gasteiger partial charge in [-0.25, -0.2) is 4.68 Å². The molecular formula is C24H21N3O4. The summed E-state index contributed by atoms with van der Waals surface area (Å²) in [6.07, 6.45) is 1.69. The average Bonchev–Trinajstić information content (AvgIpc) is 3.26. The van der Waals surface area contributed by atoms with Crippen LogP contribution < -0.4 is 14.8 Å². The van der Waals surface area contributed by atoms with E-state index in [0.29, 0.717) is 34.0 Å². The van der Waals surface area contributed by atoms with Gasteiger partial charge < -0.3 is 19.9 Å². The van der Waals surface area contributed by atoms with Crippen LogP contribution in [0.4, 0.5) is 5.69 Å². The molecule has 0 fully saturated rings. The maximum atomic E-state index is 13.1. The van der Waals surface area contributed by atoms with E-state index in [0.717, 1.165) is 5.69 Å². The molecule has 0 bridgehead atoms. The first-order valence-corrected chi connectivity index (χ1v) is 9.57. The average molecular weight is 415 g/mol. The molecule has 0 atom stereocenters. The third-order valence-electron chi connectivity index (χ3n) is 4.76. The fraction of sp³-hybridized carbons (Fsp3) is 0.0833. The number of hydrogen-bond acceptors (Lipinski definition) is 5. The van der Waals surface area contributed by atoms with Gasteiger partial charge in [-0.05, 0) is 54.6 Å². The van der Waals surface area contributed by atoms with Gasteiger partial charge in [0.15, 0.2) is 11.5 Å². The molecule has 0 aliphatic rings. The van der Waals surface area contributed by atoms with Gasteiger partial charge >= 0.3 is 0 Å². The van der Waals surface area contributed by atoms with E-state index < -0.39 is 0 Å². The Morgan fingerprint density at radius 3 is 2.32 bits per heavy atom. The molecule has 3 aromatic carbocycles. The standard InChI is InChI=1S/C24H21N3O4/c1-30-21-13-8-16(14-22(21)31-2)23-20(15-27(26-23)18-6-4-3-5-7-18)24(29)25-17-9-11-19(28)12-10-17/h3-15,28H,1-2H3,(H,25,29). The van der Waals surface area contributed by atoms with Crippen LogP contribution in [0.5, 0.6) is 17.2 Å². The van der Waals surface area contributed by atoms with Crippen LogP contribution in [0.1, 0.15) is 10.4 Å². The second-order valence-corrected chi connectivity index (χ2v) is 6.74. The summed E-state index contributed by atoms with van der Waals surface area (Å²) >= 11 is 0. The summed E-state index contributed by atoms with van der Waals surface area (Å²) in [7, 11) is 3.13. The normalized spacial score (nSPS) is 10.5. The summed E-state index contributed by atoms with van der Waals surface area (Å²) in [6.45, 7) is 0.